The number of nitrogens with zero attached hydrogens (tertiary/aromatic N) is 2. The van der Waals surface area contributed by atoms with Crippen LogP contribution in [0, 0.1) is 13.8 Å². The molecule has 0 fully saturated rings. The zero-order valence-electron chi connectivity index (χ0n) is 19.4. The van der Waals surface area contributed by atoms with Gasteiger partial charge in [-0.1, -0.05) is 43.7 Å². The maximum atomic E-state index is 13.0. The monoisotopic (exact) mass is 433 g/mol. The minimum Gasteiger partial charge on any atom is -0.467 e. The predicted octanol–water partition coefficient (Wildman–Crippen LogP) is 4.35. The van der Waals surface area contributed by atoms with Crippen molar-refractivity contribution in [2.75, 3.05) is 7.11 Å². The van der Waals surface area contributed by atoms with E-state index in [4.69, 9.17) is 4.74 Å². The number of nitrogens with one attached hydrogen (secondary N) is 1. The molecule has 32 heavy (non-hydrogen) atoms. The highest BCUT2D eigenvalue weighted by molar-refractivity contribution is 5.98. The van der Waals surface area contributed by atoms with Gasteiger partial charge in [0.05, 0.1) is 18.5 Å². The summed E-state index contributed by atoms with van der Waals surface area (Å²) in [6.07, 6.45) is 2.39. The van der Waals surface area contributed by atoms with Crippen LogP contribution in [0.5, 0.6) is 0 Å². The van der Waals surface area contributed by atoms with Crippen LogP contribution in [0.3, 0.4) is 0 Å². The van der Waals surface area contributed by atoms with Gasteiger partial charge in [0.25, 0.3) is 5.91 Å². The Morgan fingerprint density at radius 1 is 1.06 bits per heavy atom. The molecule has 0 aliphatic rings. The van der Waals surface area contributed by atoms with E-state index >= 15 is 0 Å². The largest absolute Gasteiger partial charge is 0.467 e. The van der Waals surface area contributed by atoms with Crippen molar-refractivity contribution in [3.63, 3.8) is 0 Å². The quantitative estimate of drug-likeness (QED) is 0.536. The van der Waals surface area contributed by atoms with Crippen LogP contribution in [0.1, 0.15) is 53.1 Å². The number of benzene rings is 2. The van der Waals surface area contributed by atoms with Gasteiger partial charge in [-0.2, -0.15) is 5.10 Å². The third kappa shape index (κ3) is 4.90. The van der Waals surface area contributed by atoms with Crippen molar-refractivity contribution < 1.29 is 14.3 Å². The average molecular weight is 434 g/mol. The first-order valence-corrected chi connectivity index (χ1v) is 10.9. The fourth-order valence-electron chi connectivity index (χ4n) is 4.01. The minimum absolute atomic E-state index is 0.330. The van der Waals surface area contributed by atoms with Crippen LogP contribution < -0.4 is 5.32 Å². The molecule has 6 heteroatoms. The molecule has 1 amide bonds. The Labute approximate surface area is 189 Å². The van der Waals surface area contributed by atoms with E-state index in [-0.39, 0.29) is 5.91 Å². The van der Waals surface area contributed by atoms with Crippen LogP contribution in [-0.2, 0) is 22.4 Å². The SMILES string of the molecule is CCCc1c(C)nn(-c2ccc(C(=O)NC(C)(Cc3ccccc3)C(=O)OC)cc2)c1C. The first kappa shape index (κ1) is 23.3. The van der Waals surface area contributed by atoms with E-state index in [1.807, 2.05) is 54.1 Å². The van der Waals surface area contributed by atoms with Gasteiger partial charge in [0.2, 0.25) is 0 Å². The first-order chi connectivity index (χ1) is 15.3. The Morgan fingerprint density at radius 3 is 2.31 bits per heavy atom. The summed E-state index contributed by atoms with van der Waals surface area (Å²) in [6, 6.07) is 16.8. The minimum atomic E-state index is -1.18. The molecular weight excluding hydrogens is 402 g/mol. The van der Waals surface area contributed by atoms with Crippen LogP contribution in [0.2, 0.25) is 0 Å². The number of hydrogen-bond acceptors (Lipinski definition) is 4. The Hall–Kier alpha value is -3.41. The van der Waals surface area contributed by atoms with Crippen LogP contribution in [-0.4, -0.2) is 34.3 Å². The number of hydrogen-bond donors (Lipinski definition) is 1. The van der Waals surface area contributed by atoms with E-state index in [2.05, 4.69) is 24.3 Å². The number of rotatable bonds is 8. The second-order valence-corrected chi connectivity index (χ2v) is 8.30. The van der Waals surface area contributed by atoms with Crippen molar-refractivity contribution >= 4 is 11.9 Å². The summed E-state index contributed by atoms with van der Waals surface area (Å²) in [4.78, 5) is 25.5. The molecule has 3 rings (SSSR count). The van der Waals surface area contributed by atoms with Crippen LogP contribution >= 0.6 is 0 Å². The fraction of sp³-hybridized carbons (Fsp3) is 0.346. The molecule has 1 atom stereocenters. The maximum absolute atomic E-state index is 13.0. The average Bonchev–Trinajstić information content (AvgIpc) is 3.07. The molecule has 3 aromatic rings. The lowest BCUT2D eigenvalue weighted by molar-refractivity contribution is -0.147. The van der Waals surface area contributed by atoms with Gasteiger partial charge in [-0.15, -0.1) is 0 Å². The standard InChI is InChI=1S/C26H31N3O3/c1-6-10-23-18(2)28-29(19(23)3)22-15-13-21(14-16-22)24(30)27-26(4,25(31)32-5)17-20-11-8-7-9-12-20/h7-9,11-16H,6,10,17H2,1-5H3,(H,27,30). The molecular formula is C26H31N3O3. The zero-order chi connectivity index (χ0) is 23.3. The number of carbonyl (C=O) groups excluding carboxylic acids is 2. The van der Waals surface area contributed by atoms with Gasteiger partial charge >= 0.3 is 5.97 Å². The molecule has 0 radical (unpaired) electrons. The van der Waals surface area contributed by atoms with E-state index < -0.39 is 11.5 Å². The highest BCUT2D eigenvalue weighted by Gasteiger charge is 2.36. The van der Waals surface area contributed by atoms with Crippen molar-refractivity contribution in [3.8, 4) is 5.69 Å². The van der Waals surface area contributed by atoms with Crippen molar-refractivity contribution in [2.24, 2.45) is 0 Å². The summed E-state index contributed by atoms with van der Waals surface area (Å²) in [6.45, 7) is 7.93. The Bertz CT molecular complexity index is 1090. The van der Waals surface area contributed by atoms with Gasteiger partial charge in [0.15, 0.2) is 0 Å². The molecule has 0 saturated heterocycles. The molecule has 0 bridgehead atoms. The summed E-state index contributed by atoms with van der Waals surface area (Å²) in [7, 11) is 1.33. The van der Waals surface area contributed by atoms with E-state index in [0.29, 0.717) is 12.0 Å². The number of ether oxygens (including phenoxy) is 1. The van der Waals surface area contributed by atoms with E-state index in [9.17, 15) is 9.59 Å². The lowest BCUT2D eigenvalue weighted by Crippen LogP contribution is -2.54. The van der Waals surface area contributed by atoms with Gasteiger partial charge in [0, 0.05) is 17.7 Å². The van der Waals surface area contributed by atoms with Gasteiger partial charge in [-0.05, 0) is 62.6 Å². The Balaban J connectivity index is 1.81. The second-order valence-electron chi connectivity index (χ2n) is 8.30. The van der Waals surface area contributed by atoms with E-state index in [1.54, 1.807) is 19.1 Å². The highest BCUT2D eigenvalue weighted by atomic mass is 16.5. The summed E-state index contributed by atoms with van der Waals surface area (Å²) < 4.78 is 6.90. The number of amides is 1. The third-order valence-corrected chi connectivity index (χ3v) is 5.74. The van der Waals surface area contributed by atoms with Gasteiger partial charge in [0.1, 0.15) is 5.54 Å². The molecule has 6 nitrogen and oxygen atoms in total. The summed E-state index contributed by atoms with van der Waals surface area (Å²) in [5.74, 6) is -0.821. The molecule has 0 aliphatic heterocycles. The number of esters is 1. The fourth-order valence-corrected chi connectivity index (χ4v) is 4.01. The highest BCUT2D eigenvalue weighted by Crippen LogP contribution is 2.21. The Morgan fingerprint density at radius 2 is 1.72 bits per heavy atom. The molecule has 0 saturated carbocycles. The summed E-state index contributed by atoms with van der Waals surface area (Å²) in [5, 5.41) is 7.54. The lowest BCUT2D eigenvalue weighted by Gasteiger charge is -2.28. The number of aryl methyl sites for hydroxylation is 1. The molecule has 0 spiro atoms. The van der Waals surface area contributed by atoms with Gasteiger partial charge < -0.3 is 10.1 Å². The zero-order valence-corrected chi connectivity index (χ0v) is 19.4. The summed E-state index contributed by atoms with van der Waals surface area (Å²) in [5.41, 5.74) is 4.52. The van der Waals surface area contributed by atoms with Crippen molar-refractivity contribution in [3.05, 3.63) is 82.7 Å². The topological polar surface area (TPSA) is 73.2 Å². The smallest absolute Gasteiger partial charge is 0.331 e. The molecule has 1 N–H and O–H groups in total. The number of aromatic nitrogens is 2. The third-order valence-electron chi connectivity index (χ3n) is 5.74. The van der Waals surface area contributed by atoms with E-state index in [1.165, 1.54) is 12.7 Å². The summed E-state index contributed by atoms with van der Waals surface area (Å²) >= 11 is 0. The number of carbonyl (C=O) groups is 2. The Kier molecular flexibility index (Phi) is 7.13. The van der Waals surface area contributed by atoms with Crippen molar-refractivity contribution in [1.82, 2.24) is 15.1 Å². The van der Waals surface area contributed by atoms with Crippen LogP contribution in [0.4, 0.5) is 0 Å². The van der Waals surface area contributed by atoms with Crippen LogP contribution in [0.15, 0.2) is 54.6 Å². The van der Waals surface area contributed by atoms with Gasteiger partial charge in [-0.25, -0.2) is 9.48 Å². The van der Waals surface area contributed by atoms with Crippen molar-refractivity contribution in [2.45, 2.75) is 52.5 Å². The predicted molar refractivity (Wildman–Crippen MR) is 125 cm³/mol. The first-order valence-electron chi connectivity index (χ1n) is 10.9. The number of methoxy groups -OCH3 is 1. The van der Waals surface area contributed by atoms with Crippen LogP contribution in [0.25, 0.3) is 5.69 Å². The molecule has 1 unspecified atom stereocenters. The van der Waals surface area contributed by atoms with E-state index in [0.717, 1.165) is 35.5 Å². The molecule has 2 aromatic carbocycles. The normalized spacial score (nSPS) is 12.8. The molecule has 0 aliphatic carbocycles. The molecule has 1 aromatic heterocycles. The lowest BCUT2D eigenvalue weighted by atomic mass is 9.92. The molecule has 168 valence electrons. The second kappa shape index (κ2) is 9.81. The van der Waals surface area contributed by atoms with Gasteiger partial charge in [-0.3, -0.25) is 4.79 Å². The van der Waals surface area contributed by atoms with Crippen molar-refractivity contribution in [1.29, 1.82) is 0 Å². The molecule has 1 heterocycles. The maximum Gasteiger partial charge on any atom is 0.331 e.